The van der Waals surface area contributed by atoms with Gasteiger partial charge in [-0.15, -0.1) is 0 Å². The van der Waals surface area contributed by atoms with Gasteiger partial charge >= 0.3 is 5.97 Å². The molecule has 4 aliphatic carbocycles. The predicted molar refractivity (Wildman–Crippen MR) is 108 cm³/mol. The van der Waals surface area contributed by atoms with Crippen molar-refractivity contribution in [3.05, 3.63) is 40.0 Å². The lowest BCUT2D eigenvalue weighted by molar-refractivity contribution is -0.197. The van der Waals surface area contributed by atoms with Crippen LogP contribution in [-0.2, 0) is 16.1 Å². The number of esters is 1. The molecule has 0 unspecified atom stereocenters. The number of aromatic nitrogens is 1. The van der Waals surface area contributed by atoms with Crippen LogP contribution in [-0.4, -0.2) is 21.7 Å². The third kappa shape index (κ3) is 2.84. The monoisotopic (exact) mass is 399 g/mol. The van der Waals surface area contributed by atoms with Crippen LogP contribution in [0.5, 0.6) is 0 Å². The van der Waals surface area contributed by atoms with Crippen molar-refractivity contribution >= 4 is 28.5 Å². The molecule has 1 aromatic heterocycles. The van der Waals surface area contributed by atoms with E-state index in [1.807, 2.05) is 19.1 Å². The van der Waals surface area contributed by atoms with Gasteiger partial charge in [-0.05, 0) is 81.4 Å². The summed E-state index contributed by atoms with van der Waals surface area (Å²) in [5.41, 5.74) is 2.74. The summed E-state index contributed by atoms with van der Waals surface area (Å²) >= 11 is 6.41. The van der Waals surface area contributed by atoms with E-state index in [1.165, 1.54) is 5.56 Å². The highest BCUT2D eigenvalue weighted by molar-refractivity contribution is 6.30. The van der Waals surface area contributed by atoms with Crippen LogP contribution in [0.15, 0.2) is 18.2 Å². The second kappa shape index (κ2) is 6.17. The van der Waals surface area contributed by atoms with Crippen LogP contribution in [0, 0.1) is 31.1 Å². The van der Waals surface area contributed by atoms with E-state index < -0.39 is 11.0 Å². The number of hydrogen-bond donors (Lipinski definition) is 1. The maximum Gasteiger partial charge on any atom is 0.312 e. The van der Waals surface area contributed by atoms with Gasteiger partial charge in [0.1, 0.15) is 11.8 Å². The molecule has 0 saturated heterocycles. The first-order valence-corrected chi connectivity index (χ1v) is 10.6. The van der Waals surface area contributed by atoms with Crippen molar-refractivity contribution in [2.75, 3.05) is 0 Å². The van der Waals surface area contributed by atoms with Crippen molar-refractivity contribution in [1.29, 1.82) is 0 Å². The quantitative estimate of drug-likeness (QED) is 0.590. The number of aliphatic hydroxyl groups is 1. The van der Waals surface area contributed by atoms with Crippen LogP contribution in [0.4, 0.5) is 0 Å². The molecule has 1 aromatic carbocycles. The third-order valence-corrected chi connectivity index (χ3v) is 7.69. The molecule has 4 saturated carbocycles. The number of aryl methyl sites for hydroxylation is 2. The van der Waals surface area contributed by atoms with Gasteiger partial charge in [0.15, 0.2) is 0 Å². The predicted octanol–water partition coefficient (Wildman–Crippen LogP) is 4.88. The minimum absolute atomic E-state index is 0.128. The molecule has 6 rings (SSSR count). The average molecular weight is 400 g/mol. The van der Waals surface area contributed by atoms with Crippen molar-refractivity contribution in [3.8, 4) is 0 Å². The van der Waals surface area contributed by atoms with E-state index in [2.05, 4.69) is 18.0 Å². The highest BCUT2D eigenvalue weighted by Crippen LogP contribution is 2.62. The number of pyridine rings is 1. The topological polar surface area (TPSA) is 59.4 Å². The smallest absolute Gasteiger partial charge is 0.312 e. The lowest BCUT2D eigenvalue weighted by Crippen LogP contribution is -2.58. The molecular weight excluding hydrogens is 374 g/mol. The van der Waals surface area contributed by atoms with E-state index in [0.717, 1.165) is 54.1 Å². The van der Waals surface area contributed by atoms with Crippen molar-refractivity contribution in [2.45, 2.75) is 64.6 Å². The molecule has 2 atom stereocenters. The van der Waals surface area contributed by atoms with Crippen molar-refractivity contribution in [3.63, 3.8) is 0 Å². The average Bonchev–Trinajstić information content (AvgIpc) is 2.61. The summed E-state index contributed by atoms with van der Waals surface area (Å²) < 4.78 is 5.77. The molecule has 28 heavy (non-hydrogen) atoms. The van der Waals surface area contributed by atoms with E-state index >= 15 is 0 Å². The minimum Gasteiger partial charge on any atom is -0.460 e. The van der Waals surface area contributed by atoms with E-state index in [-0.39, 0.29) is 12.6 Å². The molecule has 2 aromatic rings. The van der Waals surface area contributed by atoms with E-state index in [4.69, 9.17) is 16.3 Å². The van der Waals surface area contributed by atoms with E-state index in [1.54, 1.807) is 0 Å². The summed E-state index contributed by atoms with van der Waals surface area (Å²) in [5.74, 6) is 0.739. The first-order valence-electron chi connectivity index (χ1n) is 10.2. The largest absolute Gasteiger partial charge is 0.460 e. The fraction of sp³-hybridized carbons (Fsp3) is 0.565. The van der Waals surface area contributed by atoms with Gasteiger partial charge in [-0.2, -0.15) is 0 Å². The molecule has 0 aliphatic heterocycles. The normalized spacial score (nSPS) is 33.4. The van der Waals surface area contributed by atoms with Gasteiger partial charge in [-0.3, -0.25) is 4.79 Å². The SMILES string of the molecule is Cc1ccc2cc(COC(=O)C34C[C@@H]5C[C@H](CC(O)(C5)C3)C4)c(Cl)nc2c1C. The Balaban J connectivity index is 1.37. The van der Waals surface area contributed by atoms with E-state index in [9.17, 15) is 9.90 Å². The van der Waals surface area contributed by atoms with Crippen LogP contribution >= 0.6 is 11.6 Å². The molecule has 4 nitrogen and oxygen atoms in total. The summed E-state index contributed by atoms with van der Waals surface area (Å²) in [4.78, 5) is 17.6. The van der Waals surface area contributed by atoms with E-state index in [0.29, 0.717) is 23.4 Å². The number of carbonyl (C=O) groups excluding carboxylic acids is 1. The second-order valence-corrected chi connectivity index (χ2v) is 9.92. The number of fused-ring (bicyclic) bond motifs is 1. The molecule has 5 heteroatoms. The summed E-state index contributed by atoms with van der Waals surface area (Å²) in [5, 5.41) is 12.3. The molecule has 0 amide bonds. The zero-order chi connectivity index (χ0) is 19.7. The number of hydrogen-bond acceptors (Lipinski definition) is 4. The summed E-state index contributed by atoms with van der Waals surface area (Å²) in [6, 6.07) is 6.07. The van der Waals surface area contributed by atoms with Crippen molar-refractivity contribution in [1.82, 2.24) is 4.98 Å². The zero-order valence-corrected chi connectivity index (χ0v) is 17.2. The van der Waals surface area contributed by atoms with Crippen LogP contribution in [0.3, 0.4) is 0 Å². The fourth-order valence-corrected chi connectivity index (χ4v) is 6.55. The number of carbonyl (C=O) groups is 1. The first-order chi connectivity index (χ1) is 13.3. The van der Waals surface area contributed by atoms with Crippen molar-refractivity contribution in [2.24, 2.45) is 17.3 Å². The molecule has 1 heterocycles. The molecule has 4 aliphatic rings. The van der Waals surface area contributed by atoms with Gasteiger partial charge in [0.25, 0.3) is 0 Å². The van der Waals surface area contributed by atoms with Crippen LogP contribution in [0.1, 0.15) is 55.2 Å². The summed E-state index contributed by atoms with van der Waals surface area (Å²) in [6.07, 6.45) is 5.10. The molecular formula is C23H26ClNO3. The lowest BCUT2D eigenvalue weighted by atomic mass is 9.48. The minimum atomic E-state index is -0.666. The molecule has 4 bridgehead atoms. The van der Waals surface area contributed by atoms with Gasteiger partial charge in [-0.25, -0.2) is 4.98 Å². The van der Waals surface area contributed by atoms with Gasteiger partial charge in [0.05, 0.1) is 16.5 Å². The second-order valence-electron chi connectivity index (χ2n) is 9.56. The van der Waals surface area contributed by atoms with Crippen molar-refractivity contribution < 1.29 is 14.6 Å². The Labute approximate surface area is 170 Å². The molecule has 0 spiro atoms. The Hall–Kier alpha value is -1.65. The Morgan fingerprint density at radius 3 is 2.64 bits per heavy atom. The van der Waals surface area contributed by atoms with Gasteiger partial charge < -0.3 is 9.84 Å². The number of nitrogens with zero attached hydrogens (tertiary/aromatic N) is 1. The maximum atomic E-state index is 13.1. The Bertz CT molecular complexity index is 971. The van der Waals surface area contributed by atoms with Gasteiger partial charge in [0, 0.05) is 10.9 Å². The number of halogens is 1. The molecule has 0 radical (unpaired) electrons. The lowest BCUT2D eigenvalue weighted by Gasteiger charge is -2.58. The summed E-state index contributed by atoms with van der Waals surface area (Å²) in [7, 11) is 0. The standard InChI is InChI=1S/C23H26ClNO3/c1-13-3-4-17-6-18(20(24)25-19(17)14(13)2)11-28-21(26)22-7-15-5-16(8-22)10-23(27,9-15)12-22/h3-4,6,15-16,27H,5,7-12H2,1-2H3/t15-,16-,22?,23?/m0/s1. The van der Waals surface area contributed by atoms with Crippen LogP contribution in [0.2, 0.25) is 5.15 Å². The fourth-order valence-electron chi connectivity index (χ4n) is 6.35. The van der Waals surface area contributed by atoms with Gasteiger partial charge in [-0.1, -0.05) is 23.7 Å². The Kier molecular flexibility index (Phi) is 4.05. The van der Waals surface area contributed by atoms with Crippen LogP contribution < -0.4 is 0 Å². The third-order valence-electron chi connectivity index (χ3n) is 7.36. The van der Waals surface area contributed by atoms with Gasteiger partial charge in [0.2, 0.25) is 0 Å². The Morgan fingerprint density at radius 2 is 1.96 bits per heavy atom. The Morgan fingerprint density at radius 1 is 1.25 bits per heavy atom. The molecule has 1 N–H and O–H groups in total. The van der Waals surface area contributed by atoms with Crippen LogP contribution in [0.25, 0.3) is 10.9 Å². The number of benzene rings is 1. The highest BCUT2D eigenvalue weighted by atomic mass is 35.5. The number of rotatable bonds is 3. The molecule has 148 valence electrons. The highest BCUT2D eigenvalue weighted by Gasteiger charge is 2.60. The summed E-state index contributed by atoms with van der Waals surface area (Å²) in [6.45, 7) is 4.22. The first kappa shape index (κ1) is 18.4. The maximum absolute atomic E-state index is 13.1. The zero-order valence-electron chi connectivity index (χ0n) is 16.4. The number of ether oxygens (including phenoxy) is 1. The molecule has 4 fully saturated rings.